The van der Waals surface area contributed by atoms with Gasteiger partial charge in [0.2, 0.25) is 0 Å². The number of nitrogens with one attached hydrogen (secondary N) is 1. The van der Waals surface area contributed by atoms with Gasteiger partial charge in [-0.3, -0.25) is 0 Å². The molecule has 0 aliphatic carbocycles. The number of aromatic nitrogens is 2. The first-order valence-electron chi connectivity index (χ1n) is 3.55. The molecule has 1 aliphatic heterocycles. The highest BCUT2D eigenvalue weighted by Crippen LogP contribution is 2.06. The Balaban J connectivity index is 0.000000127. The van der Waals surface area contributed by atoms with E-state index in [0.29, 0.717) is 0 Å². The highest BCUT2D eigenvalue weighted by atomic mass is 32.2. The van der Waals surface area contributed by atoms with Crippen molar-refractivity contribution in [2.75, 3.05) is 18.3 Å². The van der Waals surface area contributed by atoms with Gasteiger partial charge in [0.05, 0.1) is 12.5 Å². The van der Waals surface area contributed by atoms with Crippen LogP contribution >= 0.6 is 11.8 Å². The monoisotopic (exact) mass is 186 g/mol. The molecule has 12 heavy (non-hydrogen) atoms. The van der Waals surface area contributed by atoms with Gasteiger partial charge >= 0.3 is 5.69 Å². The topological polar surface area (TPSA) is 55.0 Å². The standard InChI is InChI=1S/C4H4N2O.C3H6OS/c7-4-5-2-1-3-6-4;1-2-5-3-4-1/h1-3H,(H,5,6,7);1-3H2. The highest BCUT2D eigenvalue weighted by molar-refractivity contribution is 7.99. The van der Waals surface area contributed by atoms with E-state index in [1.165, 1.54) is 18.1 Å². The summed E-state index contributed by atoms with van der Waals surface area (Å²) in [6.07, 6.45) is 2.98. The summed E-state index contributed by atoms with van der Waals surface area (Å²) in [4.78, 5) is 15.8. The summed E-state index contributed by atoms with van der Waals surface area (Å²) in [5.74, 6) is 2.11. The smallest absolute Gasteiger partial charge is 0.344 e. The summed E-state index contributed by atoms with van der Waals surface area (Å²) < 4.78 is 4.91. The zero-order chi connectivity index (χ0) is 8.65. The maximum absolute atomic E-state index is 10.1. The molecule has 0 atom stereocenters. The summed E-state index contributed by atoms with van der Waals surface area (Å²) in [7, 11) is 0. The number of H-pyrrole nitrogens is 1. The lowest BCUT2D eigenvalue weighted by Gasteiger charge is -1.75. The molecule has 66 valence electrons. The second-order valence-corrected chi connectivity index (χ2v) is 3.07. The average molecular weight is 186 g/mol. The predicted octanol–water partition coefficient (Wildman–Crippen LogP) is 0.477. The van der Waals surface area contributed by atoms with Crippen LogP contribution in [0.25, 0.3) is 0 Å². The number of hydrogen-bond donors (Lipinski definition) is 1. The second kappa shape index (κ2) is 5.79. The van der Waals surface area contributed by atoms with Gasteiger partial charge in [0.15, 0.2) is 0 Å². The van der Waals surface area contributed by atoms with E-state index < -0.39 is 0 Å². The minimum Gasteiger partial charge on any atom is -0.370 e. The Morgan fingerprint density at radius 2 is 2.58 bits per heavy atom. The van der Waals surface area contributed by atoms with Crippen LogP contribution in [0.15, 0.2) is 23.3 Å². The van der Waals surface area contributed by atoms with Gasteiger partial charge in [0.1, 0.15) is 0 Å². The normalized spacial score (nSPS) is 15.0. The lowest BCUT2D eigenvalue weighted by atomic mass is 10.7. The summed E-state index contributed by atoms with van der Waals surface area (Å²) >= 11 is 1.85. The van der Waals surface area contributed by atoms with Crippen molar-refractivity contribution in [1.82, 2.24) is 9.97 Å². The van der Waals surface area contributed by atoms with Crippen molar-refractivity contribution >= 4 is 11.8 Å². The molecule has 1 aliphatic rings. The van der Waals surface area contributed by atoms with E-state index in [1.54, 1.807) is 6.07 Å². The fourth-order valence-corrected chi connectivity index (χ4v) is 1.19. The van der Waals surface area contributed by atoms with E-state index in [-0.39, 0.29) is 5.69 Å². The van der Waals surface area contributed by atoms with Crippen LogP contribution < -0.4 is 5.69 Å². The van der Waals surface area contributed by atoms with Gasteiger partial charge in [-0.05, 0) is 6.07 Å². The first-order valence-corrected chi connectivity index (χ1v) is 4.70. The SMILES string of the molecule is C1CSCO1.O=c1nccc[nH]1. The number of thioether (sulfide) groups is 1. The second-order valence-electron chi connectivity index (χ2n) is 2.02. The fraction of sp³-hybridized carbons (Fsp3) is 0.429. The van der Waals surface area contributed by atoms with Crippen LogP contribution in [0, 0.1) is 0 Å². The van der Waals surface area contributed by atoms with Crippen LogP contribution in [0.1, 0.15) is 0 Å². The van der Waals surface area contributed by atoms with Crippen molar-refractivity contribution in [1.29, 1.82) is 0 Å². The van der Waals surface area contributed by atoms with Crippen molar-refractivity contribution in [2.45, 2.75) is 0 Å². The number of ether oxygens (including phenoxy) is 1. The molecule has 4 nitrogen and oxygen atoms in total. The zero-order valence-electron chi connectivity index (χ0n) is 6.53. The summed E-state index contributed by atoms with van der Waals surface area (Å²) in [5.41, 5.74) is -0.303. The summed E-state index contributed by atoms with van der Waals surface area (Å²) in [6.45, 7) is 0.963. The zero-order valence-corrected chi connectivity index (χ0v) is 7.34. The summed E-state index contributed by atoms with van der Waals surface area (Å²) in [6, 6.07) is 1.65. The van der Waals surface area contributed by atoms with E-state index >= 15 is 0 Å². The van der Waals surface area contributed by atoms with Crippen molar-refractivity contribution in [3.63, 3.8) is 0 Å². The van der Waals surface area contributed by atoms with Crippen LogP contribution in [-0.2, 0) is 4.74 Å². The number of rotatable bonds is 0. The highest BCUT2D eigenvalue weighted by Gasteiger charge is 1.94. The van der Waals surface area contributed by atoms with Gasteiger partial charge in [0, 0.05) is 18.1 Å². The summed E-state index contributed by atoms with van der Waals surface area (Å²) in [5, 5.41) is 0. The molecule has 0 bridgehead atoms. The van der Waals surface area contributed by atoms with E-state index in [0.717, 1.165) is 12.5 Å². The molecule has 1 saturated heterocycles. The Morgan fingerprint density at radius 3 is 2.83 bits per heavy atom. The van der Waals surface area contributed by atoms with Gasteiger partial charge in [-0.1, -0.05) is 0 Å². The van der Waals surface area contributed by atoms with Gasteiger partial charge in [0.25, 0.3) is 0 Å². The molecule has 1 N–H and O–H groups in total. The third-order valence-electron chi connectivity index (χ3n) is 1.12. The molecular formula is C7H10N2O2S. The van der Waals surface area contributed by atoms with E-state index in [2.05, 4.69) is 9.97 Å². The largest absolute Gasteiger partial charge is 0.370 e. The number of aromatic amines is 1. The Labute approximate surface area is 74.4 Å². The van der Waals surface area contributed by atoms with Crippen molar-refractivity contribution < 1.29 is 4.74 Å². The number of hydrogen-bond acceptors (Lipinski definition) is 4. The van der Waals surface area contributed by atoms with E-state index in [1.807, 2.05) is 11.8 Å². The molecule has 0 saturated carbocycles. The Morgan fingerprint density at radius 1 is 1.67 bits per heavy atom. The van der Waals surface area contributed by atoms with Crippen LogP contribution in [0.3, 0.4) is 0 Å². The molecular weight excluding hydrogens is 176 g/mol. The molecule has 1 fully saturated rings. The van der Waals surface area contributed by atoms with Gasteiger partial charge in [-0.25, -0.2) is 9.78 Å². The average Bonchev–Trinajstić information content (AvgIpc) is 2.62. The lowest BCUT2D eigenvalue weighted by Crippen LogP contribution is -2.05. The molecule has 2 rings (SSSR count). The third kappa shape index (κ3) is 4.15. The Bertz CT molecular complexity index is 234. The van der Waals surface area contributed by atoms with E-state index in [4.69, 9.17) is 4.74 Å². The van der Waals surface area contributed by atoms with E-state index in [9.17, 15) is 4.79 Å². The molecule has 1 aromatic rings. The number of nitrogens with zero attached hydrogens (tertiary/aromatic N) is 1. The maximum Gasteiger partial charge on any atom is 0.344 e. The van der Waals surface area contributed by atoms with Gasteiger partial charge in [-0.15, -0.1) is 11.8 Å². The Kier molecular flexibility index (Phi) is 4.48. The molecule has 5 heteroatoms. The molecule has 0 aromatic carbocycles. The molecule has 2 heterocycles. The van der Waals surface area contributed by atoms with Crippen LogP contribution in [0.5, 0.6) is 0 Å². The first-order chi connectivity index (χ1) is 5.89. The molecule has 0 radical (unpaired) electrons. The first kappa shape index (κ1) is 9.28. The Hall–Kier alpha value is -0.810. The van der Waals surface area contributed by atoms with Crippen molar-refractivity contribution in [2.24, 2.45) is 0 Å². The van der Waals surface area contributed by atoms with Crippen molar-refractivity contribution in [3.8, 4) is 0 Å². The molecule has 0 spiro atoms. The van der Waals surface area contributed by atoms with Gasteiger partial charge in [-0.2, -0.15) is 0 Å². The molecule has 1 aromatic heterocycles. The lowest BCUT2D eigenvalue weighted by molar-refractivity contribution is 0.217. The third-order valence-corrected chi connectivity index (χ3v) is 1.91. The minimum atomic E-state index is -0.303. The maximum atomic E-state index is 10.1. The predicted molar refractivity (Wildman–Crippen MR) is 48.1 cm³/mol. The van der Waals surface area contributed by atoms with Crippen LogP contribution in [0.4, 0.5) is 0 Å². The minimum absolute atomic E-state index is 0.303. The van der Waals surface area contributed by atoms with Crippen LogP contribution in [-0.4, -0.2) is 28.3 Å². The molecule has 0 unspecified atom stereocenters. The van der Waals surface area contributed by atoms with Crippen LogP contribution in [0.2, 0.25) is 0 Å². The fourth-order valence-electron chi connectivity index (χ4n) is 0.605. The molecule has 0 amide bonds. The van der Waals surface area contributed by atoms with Gasteiger partial charge < -0.3 is 9.72 Å². The quantitative estimate of drug-likeness (QED) is 0.640. The van der Waals surface area contributed by atoms with Crippen molar-refractivity contribution in [3.05, 3.63) is 28.9 Å².